The van der Waals surface area contributed by atoms with Gasteiger partial charge in [-0.15, -0.1) is 0 Å². The van der Waals surface area contributed by atoms with Crippen LogP contribution in [-0.2, 0) is 0 Å². The fraction of sp³-hybridized carbons (Fsp3) is 0.692. The van der Waals surface area contributed by atoms with Gasteiger partial charge in [0, 0.05) is 12.5 Å². The SMILES string of the molecule is CC1=C(C)C(CCCCO)C(C)=C1C. The summed E-state index contributed by atoms with van der Waals surface area (Å²) in [7, 11) is 0. The topological polar surface area (TPSA) is 20.2 Å². The summed E-state index contributed by atoms with van der Waals surface area (Å²) in [6.07, 6.45) is 3.28. The maximum absolute atomic E-state index is 8.75. The van der Waals surface area contributed by atoms with Crippen LogP contribution in [0.2, 0.25) is 0 Å². The molecular weight excluding hydrogens is 172 g/mol. The molecule has 0 saturated heterocycles. The van der Waals surface area contributed by atoms with E-state index in [1.807, 2.05) is 0 Å². The van der Waals surface area contributed by atoms with Crippen LogP contribution in [0.3, 0.4) is 0 Å². The van der Waals surface area contributed by atoms with Crippen LogP contribution in [0.25, 0.3) is 0 Å². The Morgan fingerprint density at radius 2 is 1.43 bits per heavy atom. The Hall–Kier alpha value is -0.560. The first-order valence-electron chi connectivity index (χ1n) is 5.55. The maximum Gasteiger partial charge on any atom is 0.0431 e. The minimum atomic E-state index is 0.330. The van der Waals surface area contributed by atoms with Gasteiger partial charge in [0.05, 0.1) is 0 Å². The monoisotopic (exact) mass is 194 g/mol. The second-order valence-electron chi connectivity index (χ2n) is 4.39. The molecule has 1 aliphatic carbocycles. The summed E-state index contributed by atoms with van der Waals surface area (Å²) >= 11 is 0. The third-order valence-electron chi connectivity index (χ3n) is 3.69. The Kier molecular flexibility index (Phi) is 3.94. The van der Waals surface area contributed by atoms with Crippen LogP contribution in [0.15, 0.2) is 22.3 Å². The van der Waals surface area contributed by atoms with Gasteiger partial charge in [-0.3, -0.25) is 0 Å². The molecule has 0 amide bonds. The lowest BCUT2D eigenvalue weighted by Crippen LogP contribution is -2.01. The molecule has 0 aromatic rings. The maximum atomic E-state index is 8.75. The number of aliphatic hydroxyl groups is 1. The van der Waals surface area contributed by atoms with Crippen LogP contribution in [0, 0.1) is 5.92 Å². The predicted molar refractivity (Wildman–Crippen MR) is 61.2 cm³/mol. The molecular formula is C13H22O. The molecule has 80 valence electrons. The largest absolute Gasteiger partial charge is 0.396 e. The van der Waals surface area contributed by atoms with E-state index in [0.717, 1.165) is 12.8 Å². The summed E-state index contributed by atoms with van der Waals surface area (Å²) < 4.78 is 0. The zero-order chi connectivity index (χ0) is 10.7. The van der Waals surface area contributed by atoms with Gasteiger partial charge in [-0.25, -0.2) is 0 Å². The Morgan fingerprint density at radius 3 is 1.86 bits per heavy atom. The van der Waals surface area contributed by atoms with E-state index in [1.165, 1.54) is 28.7 Å². The first kappa shape index (κ1) is 11.5. The summed E-state index contributed by atoms with van der Waals surface area (Å²) in [5, 5.41) is 8.75. The smallest absolute Gasteiger partial charge is 0.0431 e. The molecule has 0 heterocycles. The standard InChI is InChI=1S/C13H22O/c1-9-10(2)12(4)13(11(9)3)7-5-6-8-14/h13-14H,5-8H2,1-4H3. The van der Waals surface area contributed by atoms with E-state index in [2.05, 4.69) is 27.7 Å². The van der Waals surface area contributed by atoms with Gasteiger partial charge >= 0.3 is 0 Å². The molecule has 0 aromatic heterocycles. The summed E-state index contributed by atoms with van der Waals surface area (Å²) in [6.45, 7) is 9.27. The number of unbranched alkanes of at least 4 members (excludes halogenated alkanes) is 1. The number of allylic oxidation sites excluding steroid dienone is 4. The Balaban J connectivity index is 2.63. The van der Waals surface area contributed by atoms with Crippen LogP contribution in [0.5, 0.6) is 0 Å². The summed E-state index contributed by atoms with van der Waals surface area (Å²) in [6, 6.07) is 0. The normalized spacial score (nSPS) is 18.6. The third-order valence-corrected chi connectivity index (χ3v) is 3.69. The van der Waals surface area contributed by atoms with Crippen molar-refractivity contribution >= 4 is 0 Å². The molecule has 0 bridgehead atoms. The molecule has 1 N–H and O–H groups in total. The lowest BCUT2D eigenvalue weighted by atomic mass is 9.91. The van der Waals surface area contributed by atoms with Gasteiger partial charge < -0.3 is 5.11 Å². The number of aliphatic hydroxyl groups excluding tert-OH is 1. The first-order chi connectivity index (χ1) is 6.59. The second kappa shape index (κ2) is 4.79. The van der Waals surface area contributed by atoms with Crippen LogP contribution >= 0.6 is 0 Å². The number of rotatable bonds is 4. The fourth-order valence-corrected chi connectivity index (χ4v) is 2.33. The molecule has 0 fully saturated rings. The van der Waals surface area contributed by atoms with Crippen LogP contribution in [-0.4, -0.2) is 11.7 Å². The Bertz CT molecular complexity index is 247. The van der Waals surface area contributed by atoms with Crippen molar-refractivity contribution in [2.24, 2.45) is 5.92 Å². The van der Waals surface area contributed by atoms with Gasteiger partial charge in [0.1, 0.15) is 0 Å². The van der Waals surface area contributed by atoms with E-state index in [1.54, 1.807) is 0 Å². The zero-order valence-corrected chi connectivity index (χ0v) is 9.85. The first-order valence-corrected chi connectivity index (χ1v) is 5.55. The van der Waals surface area contributed by atoms with E-state index in [4.69, 9.17) is 5.11 Å². The van der Waals surface area contributed by atoms with Gasteiger partial charge in [-0.1, -0.05) is 17.6 Å². The van der Waals surface area contributed by atoms with Gasteiger partial charge in [-0.05, 0) is 51.7 Å². The Labute approximate surface area is 87.5 Å². The summed E-state index contributed by atoms with van der Waals surface area (Å²) in [4.78, 5) is 0. The molecule has 0 saturated carbocycles. The average molecular weight is 194 g/mol. The fourth-order valence-electron chi connectivity index (χ4n) is 2.33. The van der Waals surface area contributed by atoms with E-state index in [9.17, 15) is 0 Å². The Morgan fingerprint density at radius 1 is 0.929 bits per heavy atom. The molecule has 0 unspecified atom stereocenters. The molecule has 14 heavy (non-hydrogen) atoms. The molecule has 1 aliphatic rings. The van der Waals surface area contributed by atoms with E-state index in [0.29, 0.717) is 12.5 Å². The lowest BCUT2D eigenvalue weighted by Gasteiger charge is -2.14. The van der Waals surface area contributed by atoms with Crippen molar-refractivity contribution in [1.82, 2.24) is 0 Å². The molecule has 0 radical (unpaired) electrons. The van der Waals surface area contributed by atoms with E-state index >= 15 is 0 Å². The van der Waals surface area contributed by atoms with Crippen LogP contribution in [0.4, 0.5) is 0 Å². The lowest BCUT2D eigenvalue weighted by molar-refractivity contribution is 0.281. The molecule has 0 atom stereocenters. The highest BCUT2D eigenvalue weighted by molar-refractivity contribution is 5.46. The van der Waals surface area contributed by atoms with E-state index < -0.39 is 0 Å². The number of hydrogen-bond donors (Lipinski definition) is 1. The van der Waals surface area contributed by atoms with Crippen molar-refractivity contribution in [1.29, 1.82) is 0 Å². The van der Waals surface area contributed by atoms with Crippen molar-refractivity contribution in [2.75, 3.05) is 6.61 Å². The third kappa shape index (κ3) is 2.09. The van der Waals surface area contributed by atoms with E-state index in [-0.39, 0.29) is 0 Å². The van der Waals surface area contributed by atoms with Crippen molar-refractivity contribution in [3.05, 3.63) is 22.3 Å². The highest BCUT2D eigenvalue weighted by atomic mass is 16.2. The van der Waals surface area contributed by atoms with Crippen molar-refractivity contribution in [3.8, 4) is 0 Å². The summed E-state index contributed by atoms with van der Waals surface area (Å²) in [5.41, 5.74) is 6.05. The second-order valence-corrected chi connectivity index (χ2v) is 4.39. The van der Waals surface area contributed by atoms with Crippen molar-refractivity contribution in [2.45, 2.75) is 47.0 Å². The van der Waals surface area contributed by atoms with Crippen LogP contribution in [0.1, 0.15) is 47.0 Å². The highest BCUT2D eigenvalue weighted by Gasteiger charge is 2.23. The minimum absolute atomic E-state index is 0.330. The molecule has 0 aromatic carbocycles. The van der Waals surface area contributed by atoms with Crippen LogP contribution < -0.4 is 0 Å². The minimum Gasteiger partial charge on any atom is -0.396 e. The molecule has 1 heteroatoms. The summed E-state index contributed by atoms with van der Waals surface area (Å²) in [5.74, 6) is 0.654. The average Bonchev–Trinajstić information content (AvgIpc) is 2.35. The van der Waals surface area contributed by atoms with Crippen molar-refractivity contribution < 1.29 is 5.11 Å². The molecule has 0 spiro atoms. The van der Waals surface area contributed by atoms with Gasteiger partial charge in [0.2, 0.25) is 0 Å². The zero-order valence-electron chi connectivity index (χ0n) is 9.85. The van der Waals surface area contributed by atoms with Gasteiger partial charge in [0.15, 0.2) is 0 Å². The molecule has 1 rings (SSSR count). The van der Waals surface area contributed by atoms with Crippen molar-refractivity contribution in [3.63, 3.8) is 0 Å². The molecule has 1 nitrogen and oxygen atoms in total. The highest BCUT2D eigenvalue weighted by Crippen LogP contribution is 2.39. The van der Waals surface area contributed by atoms with Gasteiger partial charge in [0.25, 0.3) is 0 Å². The quantitative estimate of drug-likeness (QED) is 0.680. The number of hydrogen-bond acceptors (Lipinski definition) is 1. The molecule has 0 aliphatic heterocycles. The van der Waals surface area contributed by atoms with Gasteiger partial charge in [-0.2, -0.15) is 0 Å². The predicted octanol–water partition coefficient (Wildman–Crippen LogP) is 3.45.